The molecule has 6 heteroatoms. The number of fused-ring (bicyclic) bond motifs is 1. The molecule has 21 heavy (non-hydrogen) atoms. The van der Waals surface area contributed by atoms with E-state index < -0.39 is 4.92 Å². The van der Waals surface area contributed by atoms with Crippen LogP contribution in [0.4, 0.5) is 11.4 Å². The number of nitrogens with one attached hydrogen (secondary N) is 1. The lowest BCUT2D eigenvalue weighted by Gasteiger charge is -2.16. The van der Waals surface area contributed by atoms with Crippen LogP contribution in [0.3, 0.4) is 0 Å². The maximum atomic E-state index is 10.7. The first-order valence-corrected chi connectivity index (χ1v) is 6.99. The summed E-state index contributed by atoms with van der Waals surface area (Å²) in [5, 5.41) is 14.4. The molecule has 2 unspecified atom stereocenters. The van der Waals surface area contributed by atoms with Crippen molar-refractivity contribution < 1.29 is 4.92 Å². The minimum Gasteiger partial charge on any atom is -0.377 e. The molecule has 0 radical (unpaired) electrons. The highest BCUT2D eigenvalue weighted by Gasteiger charge is 2.28. The van der Waals surface area contributed by atoms with E-state index in [4.69, 9.17) is 17.3 Å². The highest BCUT2D eigenvalue weighted by atomic mass is 35.5. The predicted molar refractivity (Wildman–Crippen MR) is 82.5 cm³/mol. The number of nitro benzene ring substituents is 1. The highest BCUT2D eigenvalue weighted by Crippen LogP contribution is 2.40. The molecule has 3 N–H and O–H groups in total. The van der Waals surface area contributed by atoms with E-state index in [9.17, 15) is 10.1 Å². The van der Waals surface area contributed by atoms with Crippen LogP contribution in [0.1, 0.15) is 29.6 Å². The lowest BCUT2D eigenvalue weighted by molar-refractivity contribution is -0.384. The summed E-state index contributed by atoms with van der Waals surface area (Å²) in [6.45, 7) is 0. The molecule has 0 spiro atoms. The Morgan fingerprint density at radius 3 is 2.62 bits per heavy atom. The van der Waals surface area contributed by atoms with Crippen molar-refractivity contribution in [3.8, 4) is 0 Å². The first-order chi connectivity index (χ1) is 10.1. The van der Waals surface area contributed by atoms with Gasteiger partial charge in [0.2, 0.25) is 0 Å². The summed E-state index contributed by atoms with van der Waals surface area (Å²) in [5.41, 5.74) is 9.07. The molecule has 0 aromatic heterocycles. The minimum absolute atomic E-state index is 0.00414. The van der Waals surface area contributed by atoms with Gasteiger partial charge >= 0.3 is 0 Å². The second-order valence-electron chi connectivity index (χ2n) is 5.09. The van der Waals surface area contributed by atoms with Crippen LogP contribution in [0.5, 0.6) is 0 Å². The van der Waals surface area contributed by atoms with Crippen molar-refractivity contribution in [3.63, 3.8) is 0 Å². The zero-order valence-electron chi connectivity index (χ0n) is 11.1. The van der Waals surface area contributed by atoms with Gasteiger partial charge in [0.25, 0.3) is 5.69 Å². The lowest BCUT2D eigenvalue weighted by Crippen LogP contribution is -2.10. The largest absolute Gasteiger partial charge is 0.377 e. The second-order valence-corrected chi connectivity index (χ2v) is 5.50. The van der Waals surface area contributed by atoms with Crippen LogP contribution in [0.15, 0.2) is 42.5 Å². The number of halogens is 1. The summed E-state index contributed by atoms with van der Waals surface area (Å²) in [4.78, 5) is 10.3. The van der Waals surface area contributed by atoms with Crippen LogP contribution in [0, 0.1) is 10.1 Å². The van der Waals surface area contributed by atoms with Gasteiger partial charge in [-0.1, -0.05) is 35.9 Å². The maximum Gasteiger partial charge on any atom is 0.271 e. The zero-order chi connectivity index (χ0) is 15.0. The van der Waals surface area contributed by atoms with Crippen molar-refractivity contribution in [2.75, 3.05) is 5.32 Å². The molecule has 3 rings (SSSR count). The lowest BCUT2D eigenvalue weighted by atomic mass is 10.1. The first kappa shape index (κ1) is 13.9. The van der Waals surface area contributed by atoms with E-state index in [1.807, 2.05) is 24.3 Å². The maximum absolute atomic E-state index is 10.7. The van der Waals surface area contributed by atoms with Gasteiger partial charge in [-0.25, -0.2) is 0 Å². The summed E-state index contributed by atoms with van der Waals surface area (Å²) in [5.74, 6) is 0. The van der Waals surface area contributed by atoms with Crippen molar-refractivity contribution in [3.05, 3.63) is 68.7 Å². The molecule has 0 fully saturated rings. The Morgan fingerprint density at radius 1 is 1.24 bits per heavy atom. The SMILES string of the molecule is NC1CC(Nc2ccc([N+](=O)[O-])cc2Cl)c2ccccc21. The van der Waals surface area contributed by atoms with E-state index in [1.165, 1.54) is 12.1 Å². The molecule has 0 aliphatic heterocycles. The molecule has 1 aliphatic carbocycles. The van der Waals surface area contributed by atoms with Crippen molar-refractivity contribution in [1.82, 2.24) is 0 Å². The fourth-order valence-corrected chi connectivity index (χ4v) is 2.96. The molecule has 0 amide bonds. The normalized spacial score (nSPS) is 20.1. The van der Waals surface area contributed by atoms with Gasteiger partial charge in [-0.3, -0.25) is 10.1 Å². The Kier molecular flexibility index (Phi) is 3.53. The van der Waals surface area contributed by atoms with Crippen LogP contribution in [0.25, 0.3) is 0 Å². The molecule has 2 aromatic rings. The number of hydrogen-bond donors (Lipinski definition) is 2. The number of anilines is 1. The van der Waals surface area contributed by atoms with Gasteiger partial charge in [0.1, 0.15) is 0 Å². The quantitative estimate of drug-likeness (QED) is 0.667. The standard InChI is InChI=1S/C15H14ClN3O2/c16-12-7-9(19(20)21)5-6-14(12)18-15-8-13(17)10-3-1-2-4-11(10)15/h1-7,13,15,18H,8,17H2. The summed E-state index contributed by atoms with van der Waals surface area (Å²) >= 11 is 6.12. The number of nitrogens with two attached hydrogens (primary N) is 1. The third kappa shape index (κ3) is 2.57. The average Bonchev–Trinajstić information content (AvgIpc) is 2.78. The number of nitro groups is 1. The fourth-order valence-electron chi connectivity index (χ4n) is 2.73. The molecule has 0 heterocycles. The predicted octanol–water partition coefficient (Wildman–Crippen LogP) is 3.80. The van der Waals surface area contributed by atoms with Crippen LogP contribution in [0.2, 0.25) is 5.02 Å². The second kappa shape index (κ2) is 5.35. The van der Waals surface area contributed by atoms with E-state index in [0.717, 1.165) is 17.5 Å². The number of hydrogen-bond acceptors (Lipinski definition) is 4. The monoisotopic (exact) mass is 303 g/mol. The van der Waals surface area contributed by atoms with Crippen LogP contribution in [-0.2, 0) is 0 Å². The van der Waals surface area contributed by atoms with E-state index in [2.05, 4.69) is 5.32 Å². The first-order valence-electron chi connectivity index (χ1n) is 6.61. The van der Waals surface area contributed by atoms with Crippen molar-refractivity contribution in [2.45, 2.75) is 18.5 Å². The average molecular weight is 304 g/mol. The zero-order valence-corrected chi connectivity index (χ0v) is 11.9. The topological polar surface area (TPSA) is 81.2 Å². The number of nitrogens with zero attached hydrogens (tertiary/aromatic N) is 1. The fraction of sp³-hybridized carbons (Fsp3) is 0.200. The van der Waals surface area contributed by atoms with Gasteiger partial charge in [0.15, 0.2) is 0 Å². The van der Waals surface area contributed by atoms with Crippen molar-refractivity contribution >= 4 is 23.0 Å². The van der Waals surface area contributed by atoms with Gasteiger partial charge in [-0.05, 0) is 23.6 Å². The Bertz CT molecular complexity index is 705. The Balaban J connectivity index is 1.87. The summed E-state index contributed by atoms with van der Waals surface area (Å²) < 4.78 is 0. The molecule has 5 nitrogen and oxygen atoms in total. The van der Waals surface area contributed by atoms with E-state index in [0.29, 0.717) is 10.7 Å². The van der Waals surface area contributed by atoms with E-state index >= 15 is 0 Å². The molecule has 0 saturated carbocycles. The molecule has 2 aromatic carbocycles. The summed E-state index contributed by atoms with van der Waals surface area (Å²) in [7, 11) is 0. The van der Waals surface area contributed by atoms with Gasteiger partial charge < -0.3 is 11.1 Å². The van der Waals surface area contributed by atoms with Gasteiger partial charge in [-0.15, -0.1) is 0 Å². The third-order valence-corrected chi connectivity index (χ3v) is 4.07. The summed E-state index contributed by atoms with van der Waals surface area (Å²) in [6, 6.07) is 12.5. The van der Waals surface area contributed by atoms with E-state index in [-0.39, 0.29) is 17.8 Å². The molecular formula is C15H14ClN3O2. The molecule has 0 bridgehead atoms. The molecular weight excluding hydrogens is 290 g/mol. The third-order valence-electron chi connectivity index (χ3n) is 3.75. The Morgan fingerprint density at radius 2 is 1.95 bits per heavy atom. The Labute approximate surface area is 126 Å². The highest BCUT2D eigenvalue weighted by molar-refractivity contribution is 6.33. The number of benzene rings is 2. The van der Waals surface area contributed by atoms with Gasteiger partial charge in [-0.2, -0.15) is 0 Å². The summed E-state index contributed by atoms with van der Waals surface area (Å²) in [6.07, 6.45) is 0.770. The van der Waals surface area contributed by atoms with Gasteiger partial charge in [0.05, 0.1) is 21.7 Å². The Hall–Kier alpha value is -2.11. The molecule has 108 valence electrons. The smallest absolute Gasteiger partial charge is 0.271 e. The van der Waals surface area contributed by atoms with E-state index in [1.54, 1.807) is 6.07 Å². The molecule has 2 atom stereocenters. The van der Waals surface area contributed by atoms with Crippen LogP contribution >= 0.6 is 11.6 Å². The van der Waals surface area contributed by atoms with Crippen molar-refractivity contribution in [1.29, 1.82) is 0 Å². The molecule has 0 saturated heterocycles. The molecule has 1 aliphatic rings. The number of non-ortho nitro benzene ring substituents is 1. The van der Waals surface area contributed by atoms with Gasteiger partial charge in [0, 0.05) is 18.2 Å². The van der Waals surface area contributed by atoms with Crippen LogP contribution < -0.4 is 11.1 Å². The van der Waals surface area contributed by atoms with Crippen molar-refractivity contribution in [2.24, 2.45) is 5.73 Å². The van der Waals surface area contributed by atoms with Crippen LogP contribution in [-0.4, -0.2) is 4.92 Å². The minimum atomic E-state index is -0.462. The number of rotatable bonds is 3.